The fraction of sp³-hybridized carbons (Fsp3) is 0.111. The Kier molecular flexibility index (Phi) is 2.74. The van der Waals surface area contributed by atoms with E-state index in [4.69, 9.17) is 0 Å². The largest absolute Gasteiger partial charge is 0.424 e. The number of ether oxygens (including phenoxy) is 1. The molecule has 0 radical (unpaired) electrons. The summed E-state index contributed by atoms with van der Waals surface area (Å²) < 4.78 is 17.5. The second-order valence-corrected chi connectivity index (χ2v) is 2.40. The third-order valence-corrected chi connectivity index (χ3v) is 1.35. The van der Waals surface area contributed by atoms with Crippen molar-refractivity contribution in [2.45, 2.75) is 6.92 Å². The lowest BCUT2D eigenvalue weighted by atomic mass is 10.2. The minimum Gasteiger partial charge on any atom is -0.424 e. The monoisotopic (exact) mass is 182 g/mol. The summed E-state index contributed by atoms with van der Waals surface area (Å²) in [5, 5.41) is 0. The van der Waals surface area contributed by atoms with Gasteiger partial charge in [0.25, 0.3) is 0 Å². The molecule has 0 aliphatic heterocycles. The van der Waals surface area contributed by atoms with Crippen molar-refractivity contribution in [2.75, 3.05) is 0 Å². The van der Waals surface area contributed by atoms with Crippen molar-refractivity contribution in [1.29, 1.82) is 0 Å². The zero-order valence-corrected chi connectivity index (χ0v) is 6.91. The Morgan fingerprint density at radius 3 is 2.69 bits per heavy atom. The predicted octanol–water partition coefficient (Wildman–Crippen LogP) is 1.56. The first-order valence-corrected chi connectivity index (χ1v) is 3.56. The Morgan fingerprint density at radius 2 is 2.23 bits per heavy atom. The molecule has 0 aliphatic rings. The Balaban J connectivity index is 2.98. The molecule has 68 valence electrons. The van der Waals surface area contributed by atoms with Gasteiger partial charge in [-0.2, -0.15) is 0 Å². The zero-order chi connectivity index (χ0) is 9.84. The molecule has 1 rings (SSSR count). The second kappa shape index (κ2) is 3.80. The number of benzene rings is 1. The fourth-order valence-electron chi connectivity index (χ4n) is 0.828. The van der Waals surface area contributed by atoms with Crippen LogP contribution in [0.4, 0.5) is 4.39 Å². The molecule has 0 spiro atoms. The molecule has 0 N–H and O–H groups in total. The SMILES string of the molecule is CC(=O)Oc1ccc(C=O)cc1F. The topological polar surface area (TPSA) is 43.4 Å². The summed E-state index contributed by atoms with van der Waals surface area (Å²) in [7, 11) is 0. The van der Waals surface area contributed by atoms with Crippen LogP contribution in [0.1, 0.15) is 17.3 Å². The third kappa shape index (κ3) is 2.37. The maximum absolute atomic E-state index is 13.0. The molecule has 0 aliphatic carbocycles. The summed E-state index contributed by atoms with van der Waals surface area (Å²) in [5.74, 6) is -1.49. The van der Waals surface area contributed by atoms with Crippen molar-refractivity contribution in [2.24, 2.45) is 0 Å². The van der Waals surface area contributed by atoms with Crippen molar-refractivity contribution in [3.63, 3.8) is 0 Å². The fourth-order valence-corrected chi connectivity index (χ4v) is 0.828. The minimum atomic E-state index is -0.722. The van der Waals surface area contributed by atoms with Crippen LogP contribution in [0.15, 0.2) is 18.2 Å². The first-order valence-electron chi connectivity index (χ1n) is 3.56. The van der Waals surface area contributed by atoms with Crippen LogP contribution in [0.3, 0.4) is 0 Å². The molecule has 0 bridgehead atoms. The highest BCUT2D eigenvalue weighted by Gasteiger charge is 2.05. The molecule has 0 saturated carbocycles. The Hall–Kier alpha value is -1.71. The molecule has 1 aromatic carbocycles. The molecule has 0 fully saturated rings. The number of carbonyl (C=O) groups is 2. The highest BCUT2D eigenvalue weighted by atomic mass is 19.1. The van der Waals surface area contributed by atoms with Gasteiger partial charge in [-0.05, 0) is 18.2 Å². The molecule has 0 heterocycles. The maximum atomic E-state index is 13.0. The van der Waals surface area contributed by atoms with Gasteiger partial charge in [-0.1, -0.05) is 0 Å². The van der Waals surface area contributed by atoms with Gasteiger partial charge in [0.1, 0.15) is 6.29 Å². The third-order valence-electron chi connectivity index (χ3n) is 1.35. The molecule has 4 heteroatoms. The van der Waals surface area contributed by atoms with E-state index in [9.17, 15) is 14.0 Å². The zero-order valence-electron chi connectivity index (χ0n) is 6.91. The molecule has 0 saturated heterocycles. The molecular weight excluding hydrogens is 175 g/mol. The normalized spacial score (nSPS) is 9.38. The Labute approximate surface area is 74.1 Å². The minimum absolute atomic E-state index is 0.168. The van der Waals surface area contributed by atoms with E-state index >= 15 is 0 Å². The number of halogens is 1. The molecule has 0 amide bonds. The van der Waals surface area contributed by atoms with Gasteiger partial charge in [-0.15, -0.1) is 0 Å². The van der Waals surface area contributed by atoms with Crippen LogP contribution in [0.25, 0.3) is 0 Å². The molecule has 3 nitrogen and oxygen atoms in total. The number of hydrogen-bond donors (Lipinski definition) is 0. The average molecular weight is 182 g/mol. The highest BCUT2D eigenvalue weighted by Crippen LogP contribution is 2.17. The van der Waals surface area contributed by atoms with E-state index < -0.39 is 11.8 Å². The number of aldehydes is 1. The maximum Gasteiger partial charge on any atom is 0.308 e. The van der Waals surface area contributed by atoms with Crippen LogP contribution in [0.2, 0.25) is 0 Å². The highest BCUT2D eigenvalue weighted by molar-refractivity contribution is 5.75. The first-order chi connectivity index (χ1) is 6.13. The number of hydrogen-bond acceptors (Lipinski definition) is 3. The van der Waals surface area contributed by atoms with Gasteiger partial charge in [0.05, 0.1) is 0 Å². The number of carbonyl (C=O) groups excluding carboxylic acids is 2. The lowest BCUT2D eigenvalue weighted by Gasteiger charge is -2.01. The first kappa shape index (κ1) is 9.38. The Morgan fingerprint density at radius 1 is 1.54 bits per heavy atom. The summed E-state index contributed by atoms with van der Waals surface area (Å²) >= 11 is 0. The van der Waals surface area contributed by atoms with Crippen molar-refractivity contribution >= 4 is 12.3 Å². The smallest absolute Gasteiger partial charge is 0.308 e. The van der Waals surface area contributed by atoms with E-state index in [2.05, 4.69) is 4.74 Å². The van der Waals surface area contributed by atoms with E-state index in [0.717, 1.165) is 6.07 Å². The predicted molar refractivity (Wildman–Crippen MR) is 43.1 cm³/mol. The molecular formula is C9H7FO3. The summed E-state index contributed by atoms with van der Waals surface area (Å²) in [4.78, 5) is 20.7. The van der Waals surface area contributed by atoms with E-state index in [1.54, 1.807) is 0 Å². The van der Waals surface area contributed by atoms with Crippen LogP contribution < -0.4 is 4.74 Å². The average Bonchev–Trinajstić information content (AvgIpc) is 2.08. The van der Waals surface area contributed by atoms with Crippen LogP contribution >= 0.6 is 0 Å². The lowest BCUT2D eigenvalue weighted by molar-refractivity contribution is -0.132. The molecule has 13 heavy (non-hydrogen) atoms. The van der Waals surface area contributed by atoms with Crippen LogP contribution in [0.5, 0.6) is 5.75 Å². The van der Waals surface area contributed by atoms with Crippen LogP contribution in [0, 0.1) is 5.82 Å². The van der Waals surface area contributed by atoms with E-state index in [1.165, 1.54) is 19.1 Å². The van der Waals surface area contributed by atoms with Gasteiger partial charge in [-0.25, -0.2) is 4.39 Å². The van der Waals surface area contributed by atoms with Crippen molar-refractivity contribution in [1.82, 2.24) is 0 Å². The number of esters is 1. The van der Waals surface area contributed by atoms with Crippen LogP contribution in [-0.4, -0.2) is 12.3 Å². The summed E-state index contributed by atoms with van der Waals surface area (Å²) in [6.45, 7) is 1.17. The quantitative estimate of drug-likeness (QED) is 0.396. The van der Waals surface area contributed by atoms with Gasteiger partial charge in [-0.3, -0.25) is 9.59 Å². The molecule has 1 aromatic rings. The second-order valence-electron chi connectivity index (χ2n) is 2.40. The van der Waals surface area contributed by atoms with Crippen molar-refractivity contribution in [3.05, 3.63) is 29.6 Å². The van der Waals surface area contributed by atoms with Gasteiger partial charge in [0, 0.05) is 12.5 Å². The van der Waals surface area contributed by atoms with Gasteiger partial charge >= 0.3 is 5.97 Å². The van der Waals surface area contributed by atoms with E-state index in [-0.39, 0.29) is 11.3 Å². The molecule has 0 atom stereocenters. The van der Waals surface area contributed by atoms with Gasteiger partial charge in [0.2, 0.25) is 0 Å². The lowest BCUT2D eigenvalue weighted by Crippen LogP contribution is -2.03. The number of rotatable bonds is 2. The summed E-state index contributed by atoms with van der Waals surface area (Å²) in [6.07, 6.45) is 0.515. The van der Waals surface area contributed by atoms with Gasteiger partial charge in [0.15, 0.2) is 11.6 Å². The van der Waals surface area contributed by atoms with E-state index in [0.29, 0.717) is 6.29 Å². The van der Waals surface area contributed by atoms with E-state index in [1.807, 2.05) is 0 Å². The van der Waals surface area contributed by atoms with Crippen molar-refractivity contribution < 1.29 is 18.7 Å². The molecule has 0 unspecified atom stereocenters. The van der Waals surface area contributed by atoms with Crippen LogP contribution in [-0.2, 0) is 4.79 Å². The van der Waals surface area contributed by atoms with Gasteiger partial charge < -0.3 is 4.74 Å². The van der Waals surface area contributed by atoms with Crippen molar-refractivity contribution in [3.8, 4) is 5.75 Å². The summed E-state index contributed by atoms with van der Waals surface area (Å²) in [6, 6.07) is 3.61. The Bertz CT molecular complexity index is 347. The standard InChI is InChI=1S/C9H7FO3/c1-6(12)13-9-3-2-7(5-11)4-8(9)10/h2-5H,1H3. The summed E-state index contributed by atoms with van der Waals surface area (Å²) in [5.41, 5.74) is 0.202. The molecule has 0 aromatic heterocycles.